The molecule has 0 unspecified atom stereocenters. The fourth-order valence-corrected chi connectivity index (χ4v) is 2.01. The zero-order chi connectivity index (χ0) is 11.5. The van der Waals surface area contributed by atoms with E-state index in [9.17, 15) is 0 Å². The molecule has 0 radical (unpaired) electrons. The Bertz CT molecular complexity index is 496. The van der Waals surface area contributed by atoms with Gasteiger partial charge in [0.25, 0.3) is 0 Å². The van der Waals surface area contributed by atoms with Crippen LogP contribution in [0, 0.1) is 0 Å². The first kappa shape index (κ1) is 11.2. The lowest BCUT2D eigenvalue weighted by atomic mass is 10.1. The van der Waals surface area contributed by atoms with Gasteiger partial charge in [0.1, 0.15) is 17.2 Å². The average molecular weight is 283 g/mol. The molecule has 0 atom stereocenters. The van der Waals surface area contributed by atoms with Gasteiger partial charge in [0.2, 0.25) is 0 Å². The molecule has 2 N–H and O–H groups in total. The molecule has 0 aliphatic heterocycles. The van der Waals surface area contributed by atoms with Crippen molar-refractivity contribution in [3.05, 3.63) is 34.8 Å². The van der Waals surface area contributed by atoms with Crippen LogP contribution in [-0.4, -0.2) is 12.1 Å². The quantitative estimate of drug-likeness (QED) is 0.940. The second kappa shape index (κ2) is 4.67. The first-order valence-electron chi connectivity index (χ1n) is 4.72. The summed E-state index contributed by atoms with van der Waals surface area (Å²) in [7, 11) is 1.63. The topological polar surface area (TPSA) is 61.3 Å². The molecule has 1 aromatic carbocycles. The Morgan fingerprint density at radius 1 is 1.50 bits per heavy atom. The minimum Gasteiger partial charge on any atom is -0.496 e. The Balaban J connectivity index is 2.45. The summed E-state index contributed by atoms with van der Waals surface area (Å²) in [4.78, 5) is 4.15. The number of benzene rings is 1. The lowest BCUT2D eigenvalue weighted by Gasteiger charge is -2.05. The van der Waals surface area contributed by atoms with Gasteiger partial charge in [-0.05, 0) is 34.1 Å². The summed E-state index contributed by atoms with van der Waals surface area (Å²) in [6, 6.07) is 5.71. The van der Waals surface area contributed by atoms with E-state index in [1.54, 1.807) is 7.11 Å². The van der Waals surface area contributed by atoms with Crippen molar-refractivity contribution in [1.29, 1.82) is 0 Å². The second-order valence-corrected chi connectivity index (χ2v) is 4.03. The molecule has 0 aliphatic carbocycles. The monoisotopic (exact) mass is 282 g/mol. The summed E-state index contributed by atoms with van der Waals surface area (Å²) in [5.74, 6) is 1.46. The van der Waals surface area contributed by atoms with Crippen LogP contribution in [0.3, 0.4) is 0 Å². The smallest absolute Gasteiger partial charge is 0.181 e. The summed E-state index contributed by atoms with van der Waals surface area (Å²) in [6.45, 7) is 0.332. The highest BCUT2D eigenvalue weighted by Gasteiger charge is 2.10. The maximum absolute atomic E-state index is 5.56. The molecule has 0 saturated heterocycles. The molecule has 84 valence electrons. The van der Waals surface area contributed by atoms with E-state index >= 15 is 0 Å². The molecule has 16 heavy (non-hydrogen) atoms. The lowest BCUT2D eigenvalue weighted by Crippen LogP contribution is -1.96. The Morgan fingerprint density at radius 3 is 2.94 bits per heavy atom. The Hall–Kier alpha value is -1.33. The number of nitrogens with zero attached hydrogens (tertiary/aromatic N) is 1. The van der Waals surface area contributed by atoms with E-state index < -0.39 is 0 Å². The molecule has 0 bridgehead atoms. The third-order valence-electron chi connectivity index (χ3n) is 2.25. The predicted molar refractivity (Wildman–Crippen MR) is 64.1 cm³/mol. The Kier molecular flexibility index (Phi) is 3.26. The minimum absolute atomic E-state index is 0.332. The molecule has 0 fully saturated rings. The summed E-state index contributed by atoms with van der Waals surface area (Å²) >= 11 is 3.42. The first-order chi connectivity index (χ1) is 7.76. The highest BCUT2D eigenvalue weighted by atomic mass is 79.9. The van der Waals surface area contributed by atoms with Gasteiger partial charge in [-0.15, -0.1) is 0 Å². The van der Waals surface area contributed by atoms with Crippen LogP contribution in [0.15, 0.2) is 33.5 Å². The maximum atomic E-state index is 5.56. The molecule has 4 nitrogen and oxygen atoms in total. The normalized spacial score (nSPS) is 10.4. The number of ether oxygens (including phenoxy) is 1. The van der Waals surface area contributed by atoms with Crippen LogP contribution in [0.4, 0.5) is 0 Å². The third-order valence-corrected chi connectivity index (χ3v) is 2.87. The van der Waals surface area contributed by atoms with Gasteiger partial charge in [0.15, 0.2) is 6.39 Å². The van der Waals surface area contributed by atoms with Crippen LogP contribution in [0.5, 0.6) is 5.75 Å². The van der Waals surface area contributed by atoms with Gasteiger partial charge in [-0.25, -0.2) is 4.98 Å². The highest BCUT2D eigenvalue weighted by Crippen LogP contribution is 2.31. The van der Waals surface area contributed by atoms with Crippen LogP contribution in [-0.2, 0) is 6.54 Å². The fraction of sp³-hybridized carbons (Fsp3) is 0.182. The largest absolute Gasteiger partial charge is 0.496 e. The lowest BCUT2D eigenvalue weighted by molar-refractivity contribution is 0.412. The number of nitrogens with two attached hydrogens (primary N) is 1. The fourth-order valence-electron chi connectivity index (χ4n) is 1.46. The van der Waals surface area contributed by atoms with Crippen LogP contribution in [0.2, 0.25) is 0 Å². The van der Waals surface area contributed by atoms with Crippen molar-refractivity contribution < 1.29 is 9.15 Å². The molecule has 2 rings (SSSR count). The molecule has 1 heterocycles. The van der Waals surface area contributed by atoms with Crippen molar-refractivity contribution >= 4 is 15.9 Å². The van der Waals surface area contributed by atoms with E-state index in [0.717, 1.165) is 21.5 Å². The van der Waals surface area contributed by atoms with Crippen LogP contribution in [0.25, 0.3) is 11.3 Å². The average Bonchev–Trinajstić information content (AvgIpc) is 2.77. The van der Waals surface area contributed by atoms with E-state index in [1.807, 2.05) is 18.2 Å². The number of methoxy groups -OCH3 is 1. The zero-order valence-electron chi connectivity index (χ0n) is 8.74. The van der Waals surface area contributed by atoms with Crippen molar-refractivity contribution in [2.24, 2.45) is 5.73 Å². The van der Waals surface area contributed by atoms with Gasteiger partial charge in [0.05, 0.1) is 18.1 Å². The number of hydrogen-bond acceptors (Lipinski definition) is 4. The van der Waals surface area contributed by atoms with E-state index in [-0.39, 0.29) is 0 Å². The maximum Gasteiger partial charge on any atom is 0.181 e. The molecule has 0 saturated carbocycles. The second-order valence-electron chi connectivity index (χ2n) is 3.18. The van der Waals surface area contributed by atoms with Gasteiger partial charge < -0.3 is 14.9 Å². The number of aromatic nitrogens is 1. The molecule has 5 heteroatoms. The molecular weight excluding hydrogens is 272 g/mol. The molecular formula is C11H11BrN2O2. The van der Waals surface area contributed by atoms with E-state index in [2.05, 4.69) is 20.9 Å². The number of halogens is 1. The molecule has 2 aromatic rings. The van der Waals surface area contributed by atoms with E-state index in [1.165, 1.54) is 6.39 Å². The van der Waals surface area contributed by atoms with Gasteiger partial charge in [0, 0.05) is 5.56 Å². The van der Waals surface area contributed by atoms with E-state index in [4.69, 9.17) is 14.9 Å². The number of hydrogen-bond donors (Lipinski definition) is 1. The van der Waals surface area contributed by atoms with Crippen LogP contribution in [0.1, 0.15) is 5.76 Å². The van der Waals surface area contributed by atoms with Crippen LogP contribution >= 0.6 is 15.9 Å². The van der Waals surface area contributed by atoms with E-state index in [0.29, 0.717) is 12.3 Å². The SMILES string of the molecule is COc1ccc(-c2ncoc2CN)cc1Br. The Morgan fingerprint density at radius 2 is 2.31 bits per heavy atom. The molecule has 1 aromatic heterocycles. The summed E-state index contributed by atoms with van der Waals surface area (Å²) < 4.78 is 11.2. The Labute approximate surface area is 102 Å². The van der Waals surface area contributed by atoms with Crippen LogP contribution < -0.4 is 10.5 Å². The van der Waals surface area contributed by atoms with Gasteiger partial charge in [-0.2, -0.15) is 0 Å². The van der Waals surface area contributed by atoms with Crippen molar-refractivity contribution in [2.45, 2.75) is 6.54 Å². The van der Waals surface area contributed by atoms with Crippen molar-refractivity contribution in [2.75, 3.05) is 7.11 Å². The highest BCUT2D eigenvalue weighted by molar-refractivity contribution is 9.10. The summed E-state index contributed by atoms with van der Waals surface area (Å²) in [5.41, 5.74) is 7.27. The zero-order valence-corrected chi connectivity index (χ0v) is 10.3. The first-order valence-corrected chi connectivity index (χ1v) is 5.52. The van der Waals surface area contributed by atoms with Crippen molar-refractivity contribution in [1.82, 2.24) is 4.98 Å². The van der Waals surface area contributed by atoms with Crippen molar-refractivity contribution in [3.63, 3.8) is 0 Å². The molecule has 0 aliphatic rings. The minimum atomic E-state index is 0.332. The molecule has 0 amide bonds. The summed E-state index contributed by atoms with van der Waals surface area (Å²) in [5, 5.41) is 0. The molecule has 0 spiro atoms. The van der Waals surface area contributed by atoms with Gasteiger partial charge >= 0.3 is 0 Å². The predicted octanol–water partition coefficient (Wildman–Crippen LogP) is 2.57. The third kappa shape index (κ3) is 1.96. The van der Waals surface area contributed by atoms with Gasteiger partial charge in [-0.1, -0.05) is 0 Å². The summed E-state index contributed by atoms with van der Waals surface area (Å²) in [6.07, 6.45) is 1.40. The van der Waals surface area contributed by atoms with Gasteiger partial charge in [-0.3, -0.25) is 0 Å². The standard InChI is InChI=1S/C11H11BrN2O2/c1-15-9-3-2-7(4-8(9)12)11-10(5-13)16-6-14-11/h2-4,6H,5,13H2,1H3. The number of oxazole rings is 1. The van der Waals surface area contributed by atoms with Crippen molar-refractivity contribution in [3.8, 4) is 17.0 Å². The number of rotatable bonds is 3.